The molecule has 58 valence electrons. The van der Waals surface area contributed by atoms with Gasteiger partial charge in [-0.05, 0) is 17.9 Å². The summed E-state index contributed by atoms with van der Waals surface area (Å²) in [5, 5.41) is 10.9. The van der Waals surface area contributed by atoms with Crippen molar-refractivity contribution in [2.45, 2.75) is 13.3 Å². The van der Waals surface area contributed by atoms with E-state index in [9.17, 15) is 0 Å². The molecule has 1 rings (SSSR count). The Hall–Kier alpha value is -1.23. The van der Waals surface area contributed by atoms with Crippen molar-refractivity contribution in [2.24, 2.45) is 5.92 Å². The van der Waals surface area contributed by atoms with E-state index in [-0.39, 0.29) is 0 Å². The fraction of sp³-hybridized carbons (Fsp3) is 0.444. The van der Waals surface area contributed by atoms with Crippen LogP contribution in [-0.4, -0.2) is 6.54 Å². The van der Waals surface area contributed by atoms with E-state index in [1.54, 1.807) is 0 Å². The first kappa shape index (κ1) is 7.87. The Bertz CT molecular complexity index is 220. The van der Waals surface area contributed by atoms with Crippen LogP contribution in [0, 0.1) is 17.4 Å². The summed E-state index contributed by atoms with van der Waals surface area (Å²) in [5.74, 6) is 0.621. The van der Waals surface area contributed by atoms with Gasteiger partial charge in [-0.2, -0.15) is 5.26 Å². The monoisotopic (exact) mass is 148 g/mol. The minimum absolute atomic E-state index is 0.621. The molecule has 0 aromatic heterocycles. The van der Waals surface area contributed by atoms with Crippen molar-refractivity contribution in [1.82, 2.24) is 5.32 Å². The van der Waals surface area contributed by atoms with E-state index < -0.39 is 0 Å². The van der Waals surface area contributed by atoms with Crippen LogP contribution in [0.15, 0.2) is 23.8 Å². The van der Waals surface area contributed by atoms with E-state index >= 15 is 0 Å². The average molecular weight is 148 g/mol. The van der Waals surface area contributed by atoms with Gasteiger partial charge in [0.25, 0.3) is 0 Å². The Balaban J connectivity index is 2.45. The molecular weight excluding hydrogens is 136 g/mol. The highest BCUT2D eigenvalue weighted by Gasteiger charge is 2.02. The van der Waals surface area contributed by atoms with Gasteiger partial charge in [-0.3, -0.25) is 0 Å². The second kappa shape index (κ2) is 3.82. The SMILES string of the molecule is C[C@H]1C=C(CNC#N)C=CC1. The highest BCUT2D eigenvalue weighted by molar-refractivity contribution is 5.25. The lowest BCUT2D eigenvalue weighted by Crippen LogP contribution is -2.11. The van der Waals surface area contributed by atoms with Crippen LogP contribution >= 0.6 is 0 Å². The minimum atomic E-state index is 0.621. The van der Waals surface area contributed by atoms with Crippen LogP contribution in [0.4, 0.5) is 0 Å². The Morgan fingerprint density at radius 2 is 2.64 bits per heavy atom. The van der Waals surface area contributed by atoms with Crippen LogP contribution in [0.2, 0.25) is 0 Å². The van der Waals surface area contributed by atoms with Gasteiger partial charge in [-0.25, -0.2) is 0 Å². The Kier molecular flexibility index (Phi) is 2.74. The molecule has 0 spiro atoms. The van der Waals surface area contributed by atoms with Gasteiger partial charge in [0, 0.05) is 6.54 Å². The first-order chi connectivity index (χ1) is 5.33. The van der Waals surface area contributed by atoms with Gasteiger partial charge >= 0.3 is 0 Å². The zero-order valence-electron chi connectivity index (χ0n) is 6.67. The molecule has 0 amide bonds. The second-order valence-corrected chi connectivity index (χ2v) is 2.82. The first-order valence-corrected chi connectivity index (χ1v) is 3.82. The van der Waals surface area contributed by atoms with Crippen molar-refractivity contribution < 1.29 is 0 Å². The van der Waals surface area contributed by atoms with Crippen molar-refractivity contribution in [3.63, 3.8) is 0 Å². The summed E-state index contributed by atoms with van der Waals surface area (Å²) in [5.41, 5.74) is 1.21. The molecule has 0 aromatic rings. The third kappa shape index (κ3) is 2.46. The van der Waals surface area contributed by atoms with Crippen LogP contribution in [0.25, 0.3) is 0 Å². The number of nitrogens with one attached hydrogen (secondary N) is 1. The van der Waals surface area contributed by atoms with E-state index in [4.69, 9.17) is 5.26 Å². The quantitative estimate of drug-likeness (QED) is 0.476. The third-order valence-electron chi connectivity index (χ3n) is 1.71. The Morgan fingerprint density at radius 1 is 1.82 bits per heavy atom. The van der Waals surface area contributed by atoms with E-state index in [2.05, 4.69) is 30.5 Å². The molecule has 1 aliphatic rings. The summed E-state index contributed by atoms with van der Waals surface area (Å²) < 4.78 is 0. The van der Waals surface area contributed by atoms with Crippen molar-refractivity contribution in [3.8, 4) is 6.19 Å². The first-order valence-electron chi connectivity index (χ1n) is 3.82. The van der Waals surface area contributed by atoms with Crippen molar-refractivity contribution >= 4 is 0 Å². The maximum atomic E-state index is 8.25. The lowest BCUT2D eigenvalue weighted by molar-refractivity contribution is 0.722. The lowest BCUT2D eigenvalue weighted by atomic mass is 9.98. The molecule has 0 bridgehead atoms. The number of hydrogen-bond acceptors (Lipinski definition) is 2. The van der Waals surface area contributed by atoms with E-state index in [1.807, 2.05) is 6.19 Å². The summed E-state index contributed by atoms with van der Waals surface area (Å²) >= 11 is 0. The standard InChI is InChI=1S/C9H12N2/c1-8-3-2-4-9(5-8)6-11-7-10/h2,4-5,8,11H,3,6H2,1H3/t8-/m1/s1. The summed E-state index contributed by atoms with van der Waals surface area (Å²) in [7, 11) is 0. The number of allylic oxidation sites excluding steroid dienone is 2. The fourth-order valence-corrected chi connectivity index (χ4v) is 1.18. The molecule has 11 heavy (non-hydrogen) atoms. The summed E-state index contributed by atoms with van der Waals surface area (Å²) in [6.07, 6.45) is 9.45. The van der Waals surface area contributed by atoms with Crippen LogP contribution < -0.4 is 5.32 Å². The molecule has 0 aliphatic heterocycles. The molecule has 0 aromatic carbocycles. The molecule has 0 unspecified atom stereocenters. The van der Waals surface area contributed by atoms with Crippen molar-refractivity contribution in [1.29, 1.82) is 5.26 Å². The van der Waals surface area contributed by atoms with Crippen LogP contribution in [0.5, 0.6) is 0 Å². The number of nitrogens with zero attached hydrogens (tertiary/aromatic N) is 1. The molecule has 0 fully saturated rings. The maximum absolute atomic E-state index is 8.25. The zero-order valence-corrected chi connectivity index (χ0v) is 6.67. The van der Waals surface area contributed by atoms with Gasteiger partial charge in [0.15, 0.2) is 6.19 Å². The topological polar surface area (TPSA) is 35.8 Å². The molecule has 1 N–H and O–H groups in total. The molecule has 2 nitrogen and oxygen atoms in total. The van der Waals surface area contributed by atoms with Gasteiger partial charge in [-0.15, -0.1) is 0 Å². The predicted molar refractivity (Wildman–Crippen MR) is 44.6 cm³/mol. The largest absolute Gasteiger partial charge is 0.319 e. The molecule has 1 aliphatic carbocycles. The van der Waals surface area contributed by atoms with E-state index in [0.29, 0.717) is 12.5 Å². The number of nitriles is 1. The van der Waals surface area contributed by atoms with Crippen LogP contribution in [-0.2, 0) is 0 Å². The zero-order chi connectivity index (χ0) is 8.10. The van der Waals surface area contributed by atoms with Crippen LogP contribution in [0.1, 0.15) is 13.3 Å². The van der Waals surface area contributed by atoms with Crippen molar-refractivity contribution in [2.75, 3.05) is 6.54 Å². The highest BCUT2D eigenvalue weighted by atomic mass is 14.8. The molecule has 0 radical (unpaired) electrons. The molecule has 0 saturated carbocycles. The van der Waals surface area contributed by atoms with Gasteiger partial charge < -0.3 is 5.32 Å². The van der Waals surface area contributed by atoms with Crippen LogP contribution in [0.3, 0.4) is 0 Å². The van der Waals surface area contributed by atoms with E-state index in [1.165, 1.54) is 5.57 Å². The van der Waals surface area contributed by atoms with Gasteiger partial charge in [-0.1, -0.05) is 25.2 Å². The number of rotatable bonds is 2. The van der Waals surface area contributed by atoms with Gasteiger partial charge in [0.05, 0.1) is 0 Å². The normalized spacial score (nSPS) is 22.2. The highest BCUT2D eigenvalue weighted by Crippen LogP contribution is 2.14. The molecule has 2 heteroatoms. The number of hydrogen-bond donors (Lipinski definition) is 1. The van der Waals surface area contributed by atoms with E-state index in [0.717, 1.165) is 6.42 Å². The third-order valence-corrected chi connectivity index (χ3v) is 1.71. The molecule has 0 heterocycles. The average Bonchev–Trinajstić information content (AvgIpc) is 2.01. The van der Waals surface area contributed by atoms with Gasteiger partial charge in [0.2, 0.25) is 0 Å². The summed E-state index contributed by atoms with van der Waals surface area (Å²) in [4.78, 5) is 0. The second-order valence-electron chi connectivity index (χ2n) is 2.82. The molecule has 0 saturated heterocycles. The van der Waals surface area contributed by atoms with Crippen molar-refractivity contribution in [3.05, 3.63) is 23.8 Å². The van der Waals surface area contributed by atoms with Gasteiger partial charge in [0.1, 0.15) is 0 Å². The summed E-state index contributed by atoms with van der Waals surface area (Å²) in [6, 6.07) is 0. The maximum Gasteiger partial charge on any atom is 0.176 e. The Labute approximate surface area is 67.2 Å². The molecule has 1 atom stereocenters. The predicted octanol–water partition coefficient (Wildman–Crippen LogP) is 1.58. The molecular formula is C9H12N2. The summed E-state index contributed by atoms with van der Waals surface area (Å²) in [6.45, 7) is 2.84. The lowest BCUT2D eigenvalue weighted by Gasteiger charge is -2.10. The smallest absolute Gasteiger partial charge is 0.176 e. The minimum Gasteiger partial charge on any atom is -0.319 e. The Morgan fingerprint density at radius 3 is 3.27 bits per heavy atom. The fourth-order valence-electron chi connectivity index (χ4n) is 1.18.